The van der Waals surface area contributed by atoms with E-state index in [1.165, 1.54) is 0 Å². The summed E-state index contributed by atoms with van der Waals surface area (Å²) in [5, 5.41) is 20.8. The van der Waals surface area contributed by atoms with Crippen molar-refractivity contribution in [1.29, 1.82) is 0 Å². The van der Waals surface area contributed by atoms with Crippen molar-refractivity contribution in [3.63, 3.8) is 0 Å². The predicted octanol–water partition coefficient (Wildman–Crippen LogP) is 1.16. The molecule has 2 aromatic rings. The molecule has 1 saturated heterocycles. The van der Waals surface area contributed by atoms with E-state index in [-0.39, 0.29) is 17.6 Å². The zero-order valence-corrected chi connectivity index (χ0v) is 13.6. The van der Waals surface area contributed by atoms with Gasteiger partial charge in [0, 0.05) is 13.6 Å². The Morgan fingerprint density at radius 3 is 2.83 bits per heavy atom. The second kappa shape index (κ2) is 6.84. The summed E-state index contributed by atoms with van der Waals surface area (Å²) in [5.74, 6) is 1.13. The van der Waals surface area contributed by atoms with Gasteiger partial charge in [0.2, 0.25) is 0 Å². The van der Waals surface area contributed by atoms with Gasteiger partial charge in [-0.05, 0) is 36.2 Å². The van der Waals surface area contributed by atoms with Crippen LogP contribution in [0.1, 0.15) is 28.5 Å². The number of ether oxygens (including phenoxy) is 1. The minimum absolute atomic E-state index is 0.0183. The number of rotatable bonds is 4. The molecule has 1 aromatic heterocycles. The molecule has 1 aliphatic heterocycles. The Labute approximate surface area is 140 Å². The van der Waals surface area contributed by atoms with E-state index >= 15 is 0 Å². The van der Waals surface area contributed by atoms with Crippen LogP contribution in [0, 0.1) is 0 Å². The van der Waals surface area contributed by atoms with Gasteiger partial charge in [-0.2, -0.15) is 0 Å². The number of hydrogen-bond acceptors (Lipinski definition) is 6. The minimum atomic E-state index is -0.443. The van der Waals surface area contributed by atoms with Crippen molar-refractivity contribution in [2.24, 2.45) is 0 Å². The van der Waals surface area contributed by atoms with Gasteiger partial charge >= 0.3 is 0 Å². The van der Waals surface area contributed by atoms with E-state index < -0.39 is 6.10 Å². The van der Waals surface area contributed by atoms with Gasteiger partial charge in [-0.15, -0.1) is 10.2 Å². The summed E-state index contributed by atoms with van der Waals surface area (Å²) in [5.41, 5.74) is 1.31. The smallest absolute Gasteiger partial charge is 0.271 e. The predicted molar refractivity (Wildman–Crippen MR) is 89.1 cm³/mol. The second-order valence-corrected chi connectivity index (χ2v) is 5.69. The van der Waals surface area contributed by atoms with E-state index in [2.05, 4.69) is 15.5 Å². The molecule has 3 rings (SSSR count). The average molecular weight is 328 g/mol. The number of aliphatic hydroxyl groups excluding tert-OH is 1. The number of carbonyl (C=O) groups is 1. The topological polar surface area (TPSA) is 87.6 Å². The highest BCUT2D eigenvalue weighted by Gasteiger charge is 2.33. The zero-order valence-electron chi connectivity index (χ0n) is 13.6. The maximum atomic E-state index is 11.6. The van der Waals surface area contributed by atoms with E-state index in [1.54, 1.807) is 26.3 Å². The van der Waals surface area contributed by atoms with Crippen LogP contribution in [-0.4, -0.2) is 48.0 Å². The van der Waals surface area contributed by atoms with Crippen LogP contribution in [0.25, 0.3) is 0 Å². The van der Waals surface area contributed by atoms with E-state index in [1.807, 2.05) is 29.2 Å². The lowest BCUT2D eigenvalue weighted by atomic mass is 10.0. The van der Waals surface area contributed by atoms with Gasteiger partial charge in [-0.25, -0.2) is 0 Å². The monoisotopic (exact) mass is 328 g/mol. The van der Waals surface area contributed by atoms with Crippen LogP contribution < -0.4 is 15.0 Å². The summed E-state index contributed by atoms with van der Waals surface area (Å²) >= 11 is 0. The Morgan fingerprint density at radius 2 is 2.17 bits per heavy atom. The maximum absolute atomic E-state index is 11.6. The third-order valence-corrected chi connectivity index (χ3v) is 4.16. The fourth-order valence-corrected chi connectivity index (χ4v) is 2.96. The third kappa shape index (κ3) is 3.16. The van der Waals surface area contributed by atoms with Crippen LogP contribution in [0.4, 0.5) is 5.82 Å². The number of aromatic nitrogens is 2. The first-order chi connectivity index (χ1) is 11.6. The van der Waals surface area contributed by atoms with Crippen molar-refractivity contribution >= 4 is 11.7 Å². The highest BCUT2D eigenvalue weighted by atomic mass is 16.5. The molecule has 1 aromatic carbocycles. The van der Waals surface area contributed by atoms with Crippen molar-refractivity contribution in [3.8, 4) is 5.75 Å². The average Bonchev–Trinajstić information content (AvgIpc) is 3.03. The molecule has 2 N–H and O–H groups in total. The van der Waals surface area contributed by atoms with Gasteiger partial charge in [0.15, 0.2) is 11.5 Å². The van der Waals surface area contributed by atoms with Gasteiger partial charge < -0.3 is 20.1 Å². The van der Waals surface area contributed by atoms with Crippen molar-refractivity contribution < 1.29 is 14.6 Å². The Morgan fingerprint density at radius 1 is 1.33 bits per heavy atom. The Balaban J connectivity index is 1.88. The van der Waals surface area contributed by atoms with Gasteiger partial charge in [0.1, 0.15) is 5.75 Å². The van der Waals surface area contributed by atoms with Crippen LogP contribution >= 0.6 is 0 Å². The van der Waals surface area contributed by atoms with Crippen LogP contribution in [0.15, 0.2) is 36.4 Å². The molecule has 0 spiro atoms. The Hall–Kier alpha value is -2.67. The first kappa shape index (κ1) is 16.2. The van der Waals surface area contributed by atoms with Crippen LogP contribution in [0.3, 0.4) is 0 Å². The fourth-order valence-electron chi connectivity index (χ4n) is 2.96. The number of benzene rings is 1. The third-order valence-electron chi connectivity index (χ3n) is 4.16. The van der Waals surface area contributed by atoms with Crippen molar-refractivity contribution in [2.75, 3.05) is 25.6 Å². The highest BCUT2D eigenvalue weighted by molar-refractivity contribution is 5.91. The Bertz CT molecular complexity index is 720. The molecular weight excluding hydrogens is 308 g/mol. The summed E-state index contributed by atoms with van der Waals surface area (Å²) in [6, 6.07) is 11.1. The molecule has 0 saturated carbocycles. The molecule has 0 radical (unpaired) electrons. The minimum Gasteiger partial charge on any atom is -0.497 e. The molecule has 2 atom stereocenters. The highest BCUT2D eigenvalue weighted by Crippen LogP contribution is 2.36. The number of aliphatic hydroxyl groups is 1. The van der Waals surface area contributed by atoms with Crippen molar-refractivity contribution in [3.05, 3.63) is 47.7 Å². The van der Waals surface area contributed by atoms with E-state index in [9.17, 15) is 9.90 Å². The number of carbonyl (C=O) groups excluding carboxylic acids is 1. The quantitative estimate of drug-likeness (QED) is 0.876. The number of β-amino-alcohol motifs (C(OH)–C–C–N with tert-alkyl or cyclic N) is 1. The first-order valence-electron chi connectivity index (χ1n) is 7.77. The zero-order chi connectivity index (χ0) is 17.1. The lowest BCUT2D eigenvalue weighted by Crippen LogP contribution is -2.26. The van der Waals surface area contributed by atoms with E-state index in [4.69, 9.17) is 4.74 Å². The lowest BCUT2D eigenvalue weighted by Gasteiger charge is -2.25. The molecule has 24 heavy (non-hydrogen) atoms. The summed E-state index contributed by atoms with van der Waals surface area (Å²) in [7, 11) is 3.18. The molecule has 1 amide bonds. The molecule has 1 aliphatic rings. The van der Waals surface area contributed by atoms with Crippen molar-refractivity contribution in [2.45, 2.75) is 18.6 Å². The molecule has 0 aliphatic carbocycles. The molecule has 0 bridgehead atoms. The maximum Gasteiger partial charge on any atom is 0.271 e. The van der Waals surface area contributed by atoms with Gasteiger partial charge in [0.05, 0.1) is 19.3 Å². The van der Waals surface area contributed by atoms with Crippen LogP contribution in [0.2, 0.25) is 0 Å². The number of hydrogen-bond donors (Lipinski definition) is 2. The number of amides is 1. The summed E-state index contributed by atoms with van der Waals surface area (Å²) < 4.78 is 5.28. The molecule has 1 fully saturated rings. The SMILES string of the molecule is CNC(=O)c1ccc(N2CC(O)CC2c2cccc(OC)c2)nn1. The van der Waals surface area contributed by atoms with Gasteiger partial charge in [0.25, 0.3) is 5.91 Å². The summed E-state index contributed by atoms with van der Waals surface area (Å²) in [4.78, 5) is 13.6. The van der Waals surface area contributed by atoms with Crippen LogP contribution in [-0.2, 0) is 0 Å². The first-order valence-corrected chi connectivity index (χ1v) is 7.77. The molecule has 7 nitrogen and oxygen atoms in total. The number of anilines is 1. The molecule has 7 heteroatoms. The Kier molecular flexibility index (Phi) is 4.61. The largest absolute Gasteiger partial charge is 0.497 e. The fraction of sp³-hybridized carbons (Fsp3) is 0.353. The van der Waals surface area contributed by atoms with Gasteiger partial charge in [-0.3, -0.25) is 4.79 Å². The number of nitrogens with zero attached hydrogens (tertiary/aromatic N) is 3. The molecule has 2 unspecified atom stereocenters. The van der Waals surface area contributed by atoms with E-state index in [0.29, 0.717) is 18.8 Å². The number of nitrogens with one attached hydrogen (secondary N) is 1. The van der Waals surface area contributed by atoms with Gasteiger partial charge in [-0.1, -0.05) is 12.1 Å². The summed E-state index contributed by atoms with van der Waals surface area (Å²) in [6.45, 7) is 0.468. The molecular formula is C17H20N4O3. The van der Waals surface area contributed by atoms with Crippen molar-refractivity contribution in [1.82, 2.24) is 15.5 Å². The summed E-state index contributed by atoms with van der Waals surface area (Å²) in [6.07, 6.45) is 0.160. The normalized spacial score (nSPS) is 20.0. The molecule has 2 heterocycles. The molecule has 126 valence electrons. The van der Waals surface area contributed by atoms with E-state index in [0.717, 1.165) is 11.3 Å². The number of methoxy groups -OCH3 is 1. The standard InChI is InChI=1S/C17H20N4O3/c1-18-17(23)14-6-7-16(20-19-14)21-10-12(22)9-15(21)11-4-3-5-13(8-11)24-2/h3-8,12,15,22H,9-10H2,1-2H3,(H,18,23). The second-order valence-electron chi connectivity index (χ2n) is 5.69. The lowest BCUT2D eigenvalue weighted by molar-refractivity contribution is 0.0957. The van der Waals surface area contributed by atoms with Crippen LogP contribution in [0.5, 0.6) is 5.75 Å².